The van der Waals surface area contributed by atoms with Gasteiger partial charge in [-0.15, -0.1) is 11.8 Å². The SMILES string of the molecule is O=C(CCSc1ccc(Cl)cc1)N1CCC(COCc2ccccc2)CC1. The van der Waals surface area contributed by atoms with Crippen molar-refractivity contribution in [3.05, 3.63) is 65.2 Å². The Hall–Kier alpha value is -1.49. The van der Waals surface area contributed by atoms with Gasteiger partial charge >= 0.3 is 0 Å². The number of halogens is 1. The van der Waals surface area contributed by atoms with Crippen molar-refractivity contribution in [2.75, 3.05) is 25.4 Å². The van der Waals surface area contributed by atoms with Crippen LogP contribution in [0, 0.1) is 5.92 Å². The zero-order valence-corrected chi connectivity index (χ0v) is 17.1. The van der Waals surface area contributed by atoms with Gasteiger partial charge in [0.05, 0.1) is 6.61 Å². The molecular weight excluding hydrogens is 378 g/mol. The summed E-state index contributed by atoms with van der Waals surface area (Å²) >= 11 is 7.60. The highest BCUT2D eigenvalue weighted by molar-refractivity contribution is 7.99. The van der Waals surface area contributed by atoms with E-state index < -0.39 is 0 Å². The highest BCUT2D eigenvalue weighted by Crippen LogP contribution is 2.23. The topological polar surface area (TPSA) is 29.5 Å². The van der Waals surface area contributed by atoms with Gasteiger partial charge in [-0.2, -0.15) is 0 Å². The van der Waals surface area contributed by atoms with Gasteiger partial charge in [-0.3, -0.25) is 4.79 Å². The summed E-state index contributed by atoms with van der Waals surface area (Å²) in [7, 11) is 0. The van der Waals surface area contributed by atoms with Crippen molar-refractivity contribution in [3.8, 4) is 0 Å². The first-order chi connectivity index (χ1) is 13.2. The van der Waals surface area contributed by atoms with Gasteiger partial charge in [0.2, 0.25) is 5.91 Å². The van der Waals surface area contributed by atoms with Gasteiger partial charge < -0.3 is 9.64 Å². The fraction of sp³-hybridized carbons (Fsp3) is 0.409. The van der Waals surface area contributed by atoms with Crippen LogP contribution in [0.15, 0.2) is 59.5 Å². The molecule has 0 N–H and O–H groups in total. The molecule has 2 aromatic carbocycles. The minimum atomic E-state index is 0.264. The third kappa shape index (κ3) is 6.87. The van der Waals surface area contributed by atoms with Crippen molar-refractivity contribution in [2.24, 2.45) is 5.92 Å². The lowest BCUT2D eigenvalue weighted by atomic mass is 9.97. The van der Waals surface area contributed by atoms with Crippen LogP contribution >= 0.6 is 23.4 Å². The maximum atomic E-state index is 12.4. The molecule has 1 amide bonds. The Labute approximate surface area is 171 Å². The largest absolute Gasteiger partial charge is 0.376 e. The Balaban J connectivity index is 1.30. The van der Waals surface area contributed by atoms with Gasteiger partial charge in [-0.05, 0) is 48.6 Å². The van der Waals surface area contributed by atoms with E-state index in [0.29, 0.717) is 18.9 Å². The van der Waals surface area contributed by atoms with Crippen LogP contribution in [0.4, 0.5) is 0 Å². The van der Waals surface area contributed by atoms with Gasteiger partial charge in [0.1, 0.15) is 0 Å². The molecule has 0 radical (unpaired) electrons. The minimum absolute atomic E-state index is 0.264. The molecule has 27 heavy (non-hydrogen) atoms. The van der Waals surface area contributed by atoms with Crippen LogP contribution in [-0.4, -0.2) is 36.3 Å². The smallest absolute Gasteiger partial charge is 0.223 e. The van der Waals surface area contributed by atoms with E-state index in [-0.39, 0.29) is 5.91 Å². The molecule has 0 unspecified atom stereocenters. The van der Waals surface area contributed by atoms with Crippen LogP contribution in [0.2, 0.25) is 5.02 Å². The summed E-state index contributed by atoms with van der Waals surface area (Å²) in [6.45, 7) is 3.15. The second-order valence-electron chi connectivity index (χ2n) is 6.88. The molecule has 3 nitrogen and oxygen atoms in total. The lowest BCUT2D eigenvalue weighted by molar-refractivity contribution is -0.132. The summed E-state index contributed by atoms with van der Waals surface area (Å²) < 4.78 is 5.86. The molecule has 1 fully saturated rings. The number of carbonyl (C=O) groups is 1. The summed E-state index contributed by atoms with van der Waals surface area (Å²) in [5.74, 6) is 1.63. The van der Waals surface area contributed by atoms with E-state index in [9.17, 15) is 4.79 Å². The van der Waals surface area contributed by atoms with Crippen LogP contribution in [0.5, 0.6) is 0 Å². The first-order valence-corrected chi connectivity index (χ1v) is 10.8. The van der Waals surface area contributed by atoms with Crippen molar-refractivity contribution in [3.63, 3.8) is 0 Å². The highest BCUT2D eigenvalue weighted by Gasteiger charge is 2.22. The molecule has 1 aliphatic rings. The number of hydrogen-bond donors (Lipinski definition) is 0. The molecular formula is C22H26ClNO2S. The number of ether oxygens (including phenoxy) is 1. The van der Waals surface area contributed by atoms with Gasteiger partial charge in [0.25, 0.3) is 0 Å². The van der Waals surface area contributed by atoms with Crippen molar-refractivity contribution < 1.29 is 9.53 Å². The highest BCUT2D eigenvalue weighted by atomic mass is 35.5. The maximum absolute atomic E-state index is 12.4. The molecule has 0 atom stereocenters. The summed E-state index contributed by atoms with van der Waals surface area (Å²) in [6.07, 6.45) is 2.65. The number of hydrogen-bond acceptors (Lipinski definition) is 3. The zero-order chi connectivity index (χ0) is 18.9. The number of rotatable bonds is 8. The zero-order valence-electron chi connectivity index (χ0n) is 15.5. The molecule has 0 aliphatic carbocycles. The number of benzene rings is 2. The molecule has 0 spiro atoms. The predicted octanol–water partition coefficient (Wildman–Crippen LogP) is 5.28. The molecule has 2 aromatic rings. The summed E-state index contributed by atoms with van der Waals surface area (Å²) in [6, 6.07) is 18.0. The number of likely N-dealkylation sites (tertiary alicyclic amines) is 1. The first kappa shape index (κ1) is 20.2. The standard InChI is InChI=1S/C22H26ClNO2S/c23-20-6-8-21(9-7-20)27-15-12-22(25)24-13-10-19(11-14-24)17-26-16-18-4-2-1-3-5-18/h1-9,19H,10-17H2. The molecule has 0 aromatic heterocycles. The Bertz CT molecular complexity index is 700. The van der Waals surface area contributed by atoms with E-state index in [1.807, 2.05) is 47.4 Å². The monoisotopic (exact) mass is 403 g/mol. The lowest BCUT2D eigenvalue weighted by Gasteiger charge is -2.32. The molecule has 5 heteroatoms. The van der Waals surface area contributed by atoms with Gasteiger partial charge in [0.15, 0.2) is 0 Å². The molecule has 3 rings (SSSR count). The molecule has 0 bridgehead atoms. The van der Waals surface area contributed by atoms with Gasteiger partial charge in [-0.1, -0.05) is 41.9 Å². The first-order valence-electron chi connectivity index (χ1n) is 9.48. The Morgan fingerprint density at radius 2 is 1.78 bits per heavy atom. The molecule has 0 saturated carbocycles. The lowest BCUT2D eigenvalue weighted by Crippen LogP contribution is -2.39. The third-order valence-corrected chi connectivity index (χ3v) is 6.10. The van der Waals surface area contributed by atoms with Gasteiger partial charge in [0, 0.05) is 41.8 Å². The maximum Gasteiger partial charge on any atom is 0.223 e. The van der Waals surface area contributed by atoms with Crippen molar-refractivity contribution >= 4 is 29.3 Å². The Morgan fingerprint density at radius 3 is 2.48 bits per heavy atom. The molecule has 144 valence electrons. The van der Waals surface area contributed by atoms with Crippen molar-refractivity contribution in [1.29, 1.82) is 0 Å². The normalized spacial score (nSPS) is 15.1. The summed E-state index contributed by atoms with van der Waals surface area (Å²) in [5, 5.41) is 0.742. The Morgan fingerprint density at radius 1 is 1.07 bits per heavy atom. The van der Waals surface area contributed by atoms with E-state index >= 15 is 0 Å². The third-order valence-electron chi connectivity index (χ3n) is 4.83. The number of piperidine rings is 1. The summed E-state index contributed by atoms with van der Waals surface area (Å²) in [5.41, 5.74) is 1.21. The van der Waals surface area contributed by atoms with E-state index in [1.165, 1.54) is 5.56 Å². The summed E-state index contributed by atoms with van der Waals surface area (Å²) in [4.78, 5) is 15.6. The van der Waals surface area contributed by atoms with Crippen molar-refractivity contribution in [1.82, 2.24) is 4.90 Å². The van der Waals surface area contributed by atoms with Crippen LogP contribution in [0.3, 0.4) is 0 Å². The fourth-order valence-corrected chi connectivity index (χ4v) is 4.18. The molecule has 1 aliphatic heterocycles. The van der Waals surface area contributed by atoms with E-state index in [1.54, 1.807) is 11.8 Å². The van der Waals surface area contributed by atoms with E-state index in [0.717, 1.165) is 48.2 Å². The van der Waals surface area contributed by atoms with Crippen molar-refractivity contribution in [2.45, 2.75) is 30.8 Å². The van der Waals surface area contributed by atoms with Crippen LogP contribution in [-0.2, 0) is 16.1 Å². The molecule has 1 saturated heterocycles. The van der Waals surface area contributed by atoms with E-state index in [2.05, 4.69) is 12.1 Å². The average Bonchev–Trinajstić information content (AvgIpc) is 2.71. The number of carbonyl (C=O) groups excluding carboxylic acids is 1. The number of nitrogens with zero attached hydrogens (tertiary/aromatic N) is 1. The van der Waals surface area contributed by atoms with Crippen LogP contribution < -0.4 is 0 Å². The molecule has 1 heterocycles. The number of amides is 1. The predicted molar refractivity (Wildman–Crippen MR) is 112 cm³/mol. The second-order valence-corrected chi connectivity index (χ2v) is 8.48. The second kappa shape index (κ2) is 10.7. The minimum Gasteiger partial charge on any atom is -0.376 e. The van der Waals surface area contributed by atoms with Gasteiger partial charge in [-0.25, -0.2) is 0 Å². The number of thioether (sulfide) groups is 1. The average molecular weight is 404 g/mol. The quantitative estimate of drug-likeness (QED) is 0.562. The van der Waals surface area contributed by atoms with E-state index in [4.69, 9.17) is 16.3 Å². The Kier molecular flexibility index (Phi) is 8.06. The van der Waals surface area contributed by atoms with Crippen LogP contribution in [0.25, 0.3) is 0 Å². The van der Waals surface area contributed by atoms with Crippen LogP contribution in [0.1, 0.15) is 24.8 Å². The fourth-order valence-electron chi connectivity index (χ4n) is 3.21.